The minimum atomic E-state index is -0.348. The van der Waals surface area contributed by atoms with E-state index in [1.165, 1.54) is 6.33 Å². The third-order valence-corrected chi connectivity index (χ3v) is 3.40. The number of rotatable bonds is 3. The van der Waals surface area contributed by atoms with Gasteiger partial charge in [0.15, 0.2) is 0 Å². The highest BCUT2D eigenvalue weighted by Crippen LogP contribution is 2.25. The topological polar surface area (TPSA) is 66.9 Å². The van der Waals surface area contributed by atoms with Crippen LogP contribution in [0, 0.1) is 0 Å². The standard InChI is InChI=1S/C13H18N4OS/c1-8(12(18)17-13(2,3)4)16-11-10-9(5-6-19-10)14-7-15-11/h5-8H,1-4H3,(H,17,18)(H,14,15,16). The van der Waals surface area contributed by atoms with E-state index in [4.69, 9.17) is 0 Å². The highest BCUT2D eigenvalue weighted by atomic mass is 32.1. The van der Waals surface area contributed by atoms with E-state index in [9.17, 15) is 4.79 Å². The molecule has 6 heteroatoms. The molecule has 0 aliphatic rings. The molecule has 1 unspecified atom stereocenters. The molecule has 19 heavy (non-hydrogen) atoms. The molecule has 2 rings (SSSR count). The number of nitrogens with zero attached hydrogens (tertiary/aromatic N) is 2. The predicted molar refractivity (Wildman–Crippen MR) is 78.4 cm³/mol. The summed E-state index contributed by atoms with van der Waals surface area (Å²) in [5.74, 6) is 0.660. The van der Waals surface area contributed by atoms with Gasteiger partial charge in [-0.3, -0.25) is 4.79 Å². The maximum absolute atomic E-state index is 12.0. The van der Waals surface area contributed by atoms with Crippen LogP contribution in [0.25, 0.3) is 10.2 Å². The van der Waals surface area contributed by atoms with E-state index in [0.717, 1.165) is 10.2 Å². The minimum absolute atomic E-state index is 0.0455. The summed E-state index contributed by atoms with van der Waals surface area (Å²) in [5, 5.41) is 8.04. The fourth-order valence-electron chi connectivity index (χ4n) is 1.64. The molecule has 0 saturated heterocycles. The quantitative estimate of drug-likeness (QED) is 0.904. The average Bonchev–Trinajstić information content (AvgIpc) is 2.75. The first-order valence-electron chi connectivity index (χ1n) is 6.13. The Morgan fingerprint density at radius 3 is 2.79 bits per heavy atom. The lowest BCUT2D eigenvalue weighted by Crippen LogP contribution is -2.47. The van der Waals surface area contributed by atoms with Crippen LogP contribution < -0.4 is 10.6 Å². The Morgan fingerprint density at radius 2 is 2.11 bits per heavy atom. The van der Waals surface area contributed by atoms with E-state index in [2.05, 4.69) is 20.6 Å². The Labute approximate surface area is 116 Å². The third-order valence-electron chi connectivity index (χ3n) is 2.49. The Kier molecular flexibility index (Phi) is 3.71. The Bertz CT molecular complexity index is 588. The molecule has 0 aliphatic heterocycles. The van der Waals surface area contributed by atoms with E-state index < -0.39 is 0 Å². The second kappa shape index (κ2) is 5.13. The molecule has 1 amide bonds. The fraction of sp³-hybridized carbons (Fsp3) is 0.462. The second-order valence-electron chi connectivity index (χ2n) is 5.46. The molecule has 0 aliphatic carbocycles. The summed E-state index contributed by atoms with van der Waals surface area (Å²) in [6.45, 7) is 7.70. The average molecular weight is 278 g/mol. The highest BCUT2D eigenvalue weighted by molar-refractivity contribution is 7.17. The van der Waals surface area contributed by atoms with Gasteiger partial charge in [-0.25, -0.2) is 9.97 Å². The van der Waals surface area contributed by atoms with Crippen LogP contribution in [0.15, 0.2) is 17.8 Å². The lowest BCUT2D eigenvalue weighted by atomic mass is 10.1. The summed E-state index contributed by atoms with van der Waals surface area (Å²) < 4.78 is 0.970. The van der Waals surface area contributed by atoms with Crippen molar-refractivity contribution < 1.29 is 4.79 Å². The molecule has 102 valence electrons. The smallest absolute Gasteiger partial charge is 0.242 e. The predicted octanol–water partition coefficient (Wildman–Crippen LogP) is 2.41. The molecule has 2 heterocycles. The number of fused-ring (bicyclic) bond motifs is 1. The van der Waals surface area contributed by atoms with Crippen molar-refractivity contribution >= 4 is 33.3 Å². The van der Waals surface area contributed by atoms with Gasteiger partial charge in [-0.15, -0.1) is 11.3 Å². The van der Waals surface area contributed by atoms with Gasteiger partial charge >= 0.3 is 0 Å². The molecular formula is C13H18N4OS. The first-order valence-corrected chi connectivity index (χ1v) is 7.01. The number of aromatic nitrogens is 2. The summed E-state index contributed by atoms with van der Waals surface area (Å²) in [6.07, 6.45) is 1.51. The summed E-state index contributed by atoms with van der Waals surface area (Å²) >= 11 is 1.56. The SMILES string of the molecule is CC(Nc1ncnc2ccsc12)C(=O)NC(C)(C)C. The molecule has 0 spiro atoms. The Balaban J connectivity index is 2.12. The molecule has 1 atom stereocenters. The molecule has 2 aromatic rings. The first-order chi connectivity index (χ1) is 8.87. The van der Waals surface area contributed by atoms with Crippen molar-refractivity contribution in [2.45, 2.75) is 39.3 Å². The van der Waals surface area contributed by atoms with Gasteiger partial charge in [0.1, 0.15) is 18.2 Å². The van der Waals surface area contributed by atoms with Crippen molar-refractivity contribution in [3.8, 4) is 0 Å². The van der Waals surface area contributed by atoms with Gasteiger partial charge in [-0.1, -0.05) is 0 Å². The molecule has 0 radical (unpaired) electrons. The lowest BCUT2D eigenvalue weighted by Gasteiger charge is -2.23. The number of amides is 1. The number of carbonyl (C=O) groups is 1. The van der Waals surface area contributed by atoms with Crippen LogP contribution in [0.2, 0.25) is 0 Å². The van der Waals surface area contributed by atoms with Gasteiger partial charge in [0, 0.05) is 5.54 Å². The van der Waals surface area contributed by atoms with Gasteiger partial charge < -0.3 is 10.6 Å². The van der Waals surface area contributed by atoms with Gasteiger partial charge in [0.25, 0.3) is 0 Å². The highest BCUT2D eigenvalue weighted by Gasteiger charge is 2.20. The van der Waals surface area contributed by atoms with E-state index in [1.807, 2.05) is 39.1 Å². The normalized spacial score (nSPS) is 13.3. The number of hydrogen-bond acceptors (Lipinski definition) is 5. The number of carbonyl (C=O) groups excluding carboxylic acids is 1. The minimum Gasteiger partial charge on any atom is -0.357 e. The van der Waals surface area contributed by atoms with E-state index in [1.54, 1.807) is 11.3 Å². The maximum atomic E-state index is 12.0. The van der Waals surface area contributed by atoms with Crippen LogP contribution in [0.4, 0.5) is 5.82 Å². The molecule has 0 fully saturated rings. The lowest BCUT2D eigenvalue weighted by molar-refractivity contribution is -0.122. The van der Waals surface area contributed by atoms with E-state index in [0.29, 0.717) is 5.82 Å². The fourth-order valence-corrected chi connectivity index (χ4v) is 2.44. The summed E-state index contributed by atoms with van der Waals surface area (Å²) in [5.41, 5.74) is 0.655. The number of anilines is 1. The zero-order valence-electron chi connectivity index (χ0n) is 11.5. The van der Waals surface area contributed by atoms with Gasteiger partial charge in [-0.2, -0.15) is 0 Å². The summed E-state index contributed by atoms with van der Waals surface area (Å²) in [7, 11) is 0. The zero-order chi connectivity index (χ0) is 14.0. The van der Waals surface area contributed by atoms with Crippen molar-refractivity contribution in [2.75, 3.05) is 5.32 Å². The number of thiophene rings is 1. The molecule has 0 saturated carbocycles. The zero-order valence-corrected chi connectivity index (χ0v) is 12.3. The third kappa shape index (κ3) is 3.41. The van der Waals surface area contributed by atoms with Crippen LogP contribution in [0.1, 0.15) is 27.7 Å². The van der Waals surface area contributed by atoms with Crippen molar-refractivity contribution in [3.05, 3.63) is 17.8 Å². The Morgan fingerprint density at radius 1 is 1.37 bits per heavy atom. The molecule has 2 N–H and O–H groups in total. The van der Waals surface area contributed by atoms with Gasteiger partial charge in [0.2, 0.25) is 5.91 Å². The second-order valence-corrected chi connectivity index (χ2v) is 6.38. The molecule has 2 aromatic heterocycles. The van der Waals surface area contributed by atoms with Crippen LogP contribution in [-0.4, -0.2) is 27.5 Å². The van der Waals surface area contributed by atoms with Gasteiger partial charge in [0.05, 0.1) is 10.2 Å². The van der Waals surface area contributed by atoms with Crippen molar-refractivity contribution in [2.24, 2.45) is 0 Å². The summed E-state index contributed by atoms with van der Waals surface area (Å²) in [4.78, 5) is 20.4. The van der Waals surface area contributed by atoms with E-state index >= 15 is 0 Å². The van der Waals surface area contributed by atoms with Crippen LogP contribution in [0.5, 0.6) is 0 Å². The van der Waals surface area contributed by atoms with Crippen molar-refractivity contribution in [3.63, 3.8) is 0 Å². The van der Waals surface area contributed by atoms with Gasteiger partial charge in [-0.05, 0) is 39.1 Å². The largest absolute Gasteiger partial charge is 0.357 e. The molecule has 5 nitrogen and oxygen atoms in total. The molecule has 0 bridgehead atoms. The van der Waals surface area contributed by atoms with Crippen molar-refractivity contribution in [1.29, 1.82) is 0 Å². The van der Waals surface area contributed by atoms with Crippen LogP contribution in [-0.2, 0) is 4.79 Å². The number of hydrogen-bond donors (Lipinski definition) is 2. The van der Waals surface area contributed by atoms with Crippen molar-refractivity contribution in [1.82, 2.24) is 15.3 Å². The Hall–Kier alpha value is -1.69. The molecule has 0 aromatic carbocycles. The maximum Gasteiger partial charge on any atom is 0.242 e. The monoisotopic (exact) mass is 278 g/mol. The number of nitrogens with one attached hydrogen (secondary N) is 2. The summed E-state index contributed by atoms with van der Waals surface area (Å²) in [6, 6.07) is 1.59. The van der Waals surface area contributed by atoms with E-state index in [-0.39, 0.29) is 17.5 Å². The van der Waals surface area contributed by atoms with Crippen LogP contribution in [0.3, 0.4) is 0 Å². The molecular weight excluding hydrogens is 260 g/mol. The van der Waals surface area contributed by atoms with Crippen LogP contribution >= 0.6 is 11.3 Å². The first kappa shape index (κ1) is 13.7.